The van der Waals surface area contributed by atoms with Crippen LogP contribution in [0, 0.1) is 0 Å². The van der Waals surface area contributed by atoms with Crippen LogP contribution in [0.3, 0.4) is 0 Å². The van der Waals surface area contributed by atoms with Crippen LogP contribution < -0.4 is 10.6 Å². The van der Waals surface area contributed by atoms with Gasteiger partial charge in [-0.2, -0.15) is 0 Å². The van der Waals surface area contributed by atoms with E-state index in [1.54, 1.807) is 0 Å². The number of anilines is 2. The maximum absolute atomic E-state index is 12.2. The molecule has 0 unspecified atom stereocenters. The Morgan fingerprint density at radius 2 is 1.58 bits per heavy atom. The van der Waals surface area contributed by atoms with Crippen LogP contribution in [0.2, 0.25) is 0 Å². The molecule has 0 spiro atoms. The van der Waals surface area contributed by atoms with Gasteiger partial charge in [-0.25, -0.2) is 4.79 Å². The molecule has 2 aliphatic rings. The monoisotopic (exact) mass is 360 g/mol. The van der Waals surface area contributed by atoms with Crippen molar-refractivity contribution in [1.29, 1.82) is 0 Å². The summed E-state index contributed by atoms with van der Waals surface area (Å²) in [7, 11) is 0. The van der Waals surface area contributed by atoms with E-state index in [1.165, 1.54) is 5.69 Å². The summed E-state index contributed by atoms with van der Waals surface area (Å²) in [6, 6.07) is 8.76. The highest BCUT2D eigenvalue weighted by atomic mass is 16.6. The molecule has 6 heteroatoms. The van der Waals surface area contributed by atoms with E-state index in [4.69, 9.17) is 10.5 Å². The fourth-order valence-electron chi connectivity index (χ4n) is 3.77. The number of carbonyl (C=O) groups is 1. The van der Waals surface area contributed by atoms with E-state index in [-0.39, 0.29) is 6.09 Å². The van der Waals surface area contributed by atoms with Gasteiger partial charge in [0.25, 0.3) is 0 Å². The number of hydrogen-bond acceptors (Lipinski definition) is 5. The molecule has 1 aromatic carbocycles. The molecular weight excluding hydrogens is 328 g/mol. The fraction of sp³-hybridized carbons (Fsp3) is 0.650. The number of nitrogens with two attached hydrogens (primary N) is 1. The highest BCUT2D eigenvalue weighted by Gasteiger charge is 2.30. The van der Waals surface area contributed by atoms with Crippen molar-refractivity contribution in [1.82, 2.24) is 9.80 Å². The van der Waals surface area contributed by atoms with Gasteiger partial charge in [0, 0.05) is 56.7 Å². The highest BCUT2D eigenvalue weighted by Crippen LogP contribution is 2.24. The van der Waals surface area contributed by atoms with Gasteiger partial charge in [-0.05, 0) is 57.9 Å². The molecule has 2 saturated heterocycles. The third-order valence-corrected chi connectivity index (χ3v) is 5.21. The van der Waals surface area contributed by atoms with Crippen molar-refractivity contribution in [2.75, 3.05) is 49.9 Å². The van der Waals surface area contributed by atoms with Crippen LogP contribution in [-0.2, 0) is 4.74 Å². The molecule has 0 bridgehead atoms. The van der Waals surface area contributed by atoms with Crippen molar-refractivity contribution < 1.29 is 9.53 Å². The topological polar surface area (TPSA) is 62.0 Å². The highest BCUT2D eigenvalue weighted by molar-refractivity contribution is 5.68. The van der Waals surface area contributed by atoms with E-state index in [2.05, 4.69) is 21.9 Å². The Hall–Kier alpha value is -1.95. The van der Waals surface area contributed by atoms with Gasteiger partial charge in [0.1, 0.15) is 5.60 Å². The van der Waals surface area contributed by atoms with Crippen molar-refractivity contribution >= 4 is 17.5 Å². The molecular formula is C20H32N4O2. The number of amides is 1. The molecule has 2 heterocycles. The number of piperazine rings is 1. The van der Waals surface area contributed by atoms with Gasteiger partial charge in [0.05, 0.1) is 0 Å². The Morgan fingerprint density at radius 1 is 1.00 bits per heavy atom. The van der Waals surface area contributed by atoms with Gasteiger partial charge in [0.15, 0.2) is 0 Å². The first kappa shape index (κ1) is 18.8. The number of carbonyl (C=O) groups excluding carboxylic acids is 1. The number of nitrogen functional groups attached to an aromatic ring is 1. The quantitative estimate of drug-likeness (QED) is 0.822. The summed E-state index contributed by atoms with van der Waals surface area (Å²) < 4.78 is 5.48. The number of hydrogen-bond donors (Lipinski definition) is 1. The van der Waals surface area contributed by atoms with E-state index in [9.17, 15) is 4.79 Å². The molecule has 144 valence electrons. The first-order chi connectivity index (χ1) is 12.3. The normalized spacial score (nSPS) is 20.3. The van der Waals surface area contributed by atoms with Gasteiger partial charge < -0.3 is 20.3 Å². The Balaban J connectivity index is 1.45. The molecule has 2 aliphatic heterocycles. The van der Waals surface area contributed by atoms with Crippen LogP contribution in [-0.4, -0.2) is 66.8 Å². The molecule has 0 radical (unpaired) electrons. The van der Waals surface area contributed by atoms with E-state index < -0.39 is 5.60 Å². The molecule has 2 N–H and O–H groups in total. The zero-order valence-corrected chi connectivity index (χ0v) is 16.3. The zero-order valence-electron chi connectivity index (χ0n) is 16.3. The van der Waals surface area contributed by atoms with Gasteiger partial charge in [-0.3, -0.25) is 4.90 Å². The van der Waals surface area contributed by atoms with Gasteiger partial charge in [0.2, 0.25) is 0 Å². The average Bonchev–Trinajstić information content (AvgIpc) is 2.61. The van der Waals surface area contributed by atoms with Crippen molar-refractivity contribution in [3.63, 3.8) is 0 Å². The number of benzene rings is 1. The SMILES string of the molecule is CC(C)(C)OC(=O)N1CCN(C2CCN(c3ccc(N)cc3)CC2)CC1. The molecule has 6 nitrogen and oxygen atoms in total. The molecule has 0 aromatic heterocycles. The summed E-state index contributed by atoms with van der Waals surface area (Å²) in [4.78, 5) is 19.0. The molecule has 0 aliphatic carbocycles. The summed E-state index contributed by atoms with van der Waals surface area (Å²) in [5.74, 6) is 0. The zero-order chi connectivity index (χ0) is 18.7. The summed E-state index contributed by atoms with van der Waals surface area (Å²) >= 11 is 0. The summed E-state index contributed by atoms with van der Waals surface area (Å²) in [5, 5.41) is 0. The second-order valence-electron chi connectivity index (χ2n) is 8.31. The fourth-order valence-corrected chi connectivity index (χ4v) is 3.77. The van der Waals surface area contributed by atoms with Crippen LogP contribution in [0.1, 0.15) is 33.6 Å². The number of piperidine rings is 1. The van der Waals surface area contributed by atoms with E-state index in [1.807, 2.05) is 37.8 Å². The lowest BCUT2D eigenvalue weighted by Gasteiger charge is -2.43. The first-order valence-corrected chi connectivity index (χ1v) is 9.64. The lowest BCUT2D eigenvalue weighted by molar-refractivity contribution is 0.00902. The van der Waals surface area contributed by atoms with E-state index in [0.717, 1.165) is 57.8 Å². The standard InChI is InChI=1S/C20H32N4O2/c1-20(2,3)26-19(25)24-14-12-23(13-15-24)18-8-10-22(11-9-18)17-6-4-16(21)5-7-17/h4-7,18H,8-15,21H2,1-3H3. The molecule has 0 saturated carbocycles. The Morgan fingerprint density at radius 3 is 2.12 bits per heavy atom. The van der Waals surface area contributed by atoms with Gasteiger partial charge in [-0.15, -0.1) is 0 Å². The Bertz CT molecular complexity index is 595. The lowest BCUT2D eigenvalue weighted by Crippen LogP contribution is -2.55. The minimum atomic E-state index is -0.427. The maximum Gasteiger partial charge on any atom is 0.410 e. The predicted octanol–water partition coefficient (Wildman–Crippen LogP) is 2.79. The number of nitrogens with zero attached hydrogens (tertiary/aromatic N) is 3. The first-order valence-electron chi connectivity index (χ1n) is 9.64. The van der Waals surface area contributed by atoms with Crippen molar-refractivity contribution in [2.24, 2.45) is 0 Å². The Kier molecular flexibility index (Phi) is 5.61. The average molecular weight is 361 g/mol. The largest absolute Gasteiger partial charge is 0.444 e. The number of rotatable bonds is 2. The predicted molar refractivity (Wildman–Crippen MR) is 105 cm³/mol. The minimum absolute atomic E-state index is 0.185. The molecule has 26 heavy (non-hydrogen) atoms. The molecule has 0 atom stereocenters. The second-order valence-corrected chi connectivity index (χ2v) is 8.31. The molecule has 2 fully saturated rings. The third kappa shape index (κ3) is 4.81. The van der Waals surface area contributed by atoms with Crippen LogP contribution >= 0.6 is 0 Å². The molecule has 1 aromatic rings. The van der Waals surface area contributed by atoms with Crippen LogP contribution in [0.4, 0.5) is 16.2 Å². The van der Waals surface area contributed by atoms with Crippen LogP contribution in [0.15, 0.2) is 24.3 Å². The van der Waals surface area contributed by atoms with Crippen LogP contribution in [0.25, 0.3) is 0 Å². The maximum atomic E-state index is 12.2. The number of ether oxygens (including phenoxy) is 1. The second kappa shape index (κ2) is 7.74. The van der Waals surface area contributed by atoms with Gasteiger partial charge in [-0.1, -0.05) is 0 Å². The summed E-state index contributed by atoms with van der Waals surface area (Å²) in [6.45, 7) is 11.3. The van der Waals surface area contributed by atoms with Crippen molar-refractivity contribution in [3.8, 4) is 0 Å². The molecule has 3 rings (SSSR count). The Labute approximate surface area is 156 Å². The van der Waals surface area contributed by atoms with Crippen LogP contribution in [0.5, 0.6) is 0 Å². The van der Waals surface area contributed by atoms with Crippen molar-refractivity contribution in [2.45, 2.75) is 45.3 Å². The minimum Gasteiger partial charge on any atom is -0.444 e. The lowest BCUT2D eigenvalue weighted by atomic mass is 10.0. The van der Waals surface area contributed by atoms with E-state index in [0.29, 0.717) is 6.04 Å². The van der Waals surface area contributed by atoms with Crippen molar-refractivity contribution in [3.05, 3.63) is 24.3 Å². The molecule has 1 amide bonds. The van der Waals surface area contributed by atoms with Gasteiger partial charge >= 0.3 is 6.09 Å². The third-order valence-electron chi connectivity index (χ3n) is 5.21. The summed E-state index contributed by atoms with van der Waals surface area (Å²) in [6.07, 6.45) is 2.14. The smallest absolute Gasteiger partial charge is 0.410 e. The summed E-state index contributed by atoms with van der Waals surface area (Å²) in [5.41, 5.74) is 7.42. The van der Waals surface area contributed by atoms with E-state index >= 15 is 0 Å².